The van der Waals surface area contributed by atoms with Gasteiger partial charge in [0.2, 0.25) is 0 Å². The number of pyridine rings is 1. The predicted octanol–water partition coefficient (Wildman–Crippen LogP) is 20.8. The average Bonchev–Trinajstić information content (AvgIpc) is 2.15. The van der Waals surface area contributed by atoms with E-state index in [9.17, 15) is 0 Å². The minimum absolute atomic E-state index is 0.169. The van der Waals surface area contributed by atoms with Crippen molar-refractivity contribution in [3.05, 3.63) is 222 Å². The lowest BCUT2D eigenvalue weighted by Crippen LogP contribution is -2.09. The van der Waals surface area contributed by atoms with Gasteiger partial charge in [-0.15, -0.1) is 0 Å². The first kappa shape index (κ1) is 50.7. The first-order valence-corrected chi connectivity index (χ1v) is 28.8. The van der Waals surface area contributed by atoms with E-state index in [2.05, 4.69) is 234 Å². The van der Waals surface area contributed by atoms with Crippen LogP contribution in [0.25, 0.3) is 122 Å². The summed E-state index contributed by atoms with van der Waals surface area (Å²) in [7, 11) is 0. The third-order valence-corrected chi connectivity index (χ3v) is 16.4. The molecule has 0 saturated carbocycles. The van der Waals surface area contributed by atoms with Gasteiger partial charge in [-0.1, -0.05) is 171 Å². The van der Waals surface area contributed by atoms with Crippen LogP contribution in [0.4, 0.5) is 0 Å². The molecule has 402 valence electrons. The minimum atomic E-state index is 0.169. The molecule has 0 N–H and O–H groups in total. The summed E-state index contributed by atoms with van der Waals surface area (Å²) in [6.07, 6.45) is 0. The van der Waals surface area contributed by atoms with Gasteiger partial charge in [0.15, 0.2) is 11.2 Å². The number of furan rings is 2. The smallest absolute Gasteiger partial charge is 0.197 e. The maximum absolute atomic E-state index is 7.24. The molecule has 0 spiro atoms. The number of fused-ring (bicyclic) bond motifs is 9. The van der Waals surface area contributed by atoms with E-state index in [0.29, 0.717) is 33.8 Å². The highest BCUT2D eigenvalue weighted by Crippen LogP contribution is 2.48. The highest BCUT2D eigenvalue weighted by molar-refractivity contribution is 6.19. The molecule has 0 unspecified atom stereocenters. The number of imidazole rings is 2. The molecule has 0 saturated heterocycles. The summed E-state index contributed by atoms with van der Waals surface area (Å²) >= 11 is 0. The third-order valence-electron chi connectivity index (χ3n) is 16.4. The van der Waals surface area contributed by atoms with E-state index in [0.717, 1.165) is 78.0 Å². The third kappa shape index (κ3) is 8.38. The van der Waals surface area contributed by atoms with Crippen molar-refractivity contribution >= 4 is 66.1 Å². The second-order valence-electron chi connectivity index (χ2n) is 23.1. The molecule has 14 aromatic rings. The molecule has 0 amide bonds. The number of aryl methyl sites for hydroxylation is 1. The molecule has 0 aliphatic heterocycles. The molecule has 0 radical (unpaired) electrons. The Hall–Kier alpha value is -9.53. The van der Waals surface area contributed by atoms with E-state index >= 15 is 0 Å². The van der Waals surface area contributed by atoms with Gasteiger partial charge >= 0.3 is 0 Å². The molecular weight excluding hydrogens is 1010 g/mol. The maximum atomic E-state index is 7.24. The van der Waals surface area contributed by atoms with Crippen molar-refractivity contribution < 1.29 is 13.6 Å². The van der Waals surface area contributed by atoms with Crippen molar-refractivity contribution in [3.63, 3.8) is 0 Å². The van der Waals surface area contributed by atoms with Gasteiger partial charge in [0.25, 0.3) is 0 Å². The van der Waals surface area contributed by atoms with E-state index in [1.165, 1.54) is 50.2 Å². The van der Waals surface area contributed by atoms with Crippen molar-refractivity contribution in [2.45, 2.75) is 86.0 Å². The fraction of sp³-hybridized carbons (Fsp3) is 0.176. The van der Waals surface area contributed by atoms with Crippen LogP contribution in [0.2, 0.25) is 0 Å². The zero-order valence-corrected chi connectivity index (χ0v) is 47.7. The van der Waals surface area contributed by atoms with E-state index < -0.39 is 0 Å². The van der Waals surface area contributed by atoms with Gasteiger partial charge < -0.3 is 13.6 Å². The molecule has 82 heavy (non-hydrogen) atoms. The van der Waals surface area contributed by atoms with Crippen LogP contribution in [-0.4, -0.2) is 24.1 Å². The van der Waals surface area contributed by atoms with Gasteiger partial charge in [-0.25, -0.2) is 15.0 Å². The summed E-state index contributed by atoms with van der Waals surface area (Å²) in [6, 6.07) is 68.4. The first-order chi connectivity index (χ1) is 39.9. The summed E-state index contributed by atoms with van der Waals surface area (Å²) < 4.78 is 25.9. The Balaban J connectivity index is 0.996. The predicted molar refractivity (Wildman–Crippen MR) is 337 cm³/mol. The van der Waals surface area contributed by atoms with Crippen LogP contribution >= 0.6 is 0 Å². The number of hydrogen-bond donors (Lipinski definition) is 0. The Kier molecular flexibility index (Phi) is 12.3. The van der Waals surface area contributed by atoms with Crippen molar-refractivity contribution in [2.75, 3.05) is 0 Å². The number of ether oxygens (including phenoxy) is 1. The Labute approximate surface area is 477 Å². The number of para-hydroxylation sites is 5. The van der Waals surface area contributed by atoms with Gasteiger partial charge in [-0.3, -0.25) is 9.13 Å². The zero-order chi connectivity index (χ0) is 56.1. The Morgan fingerprint density at radius 3 is 1.46 bits per heavy atom. The Morgan fingerprint density at radius 2 is 0.890 bits per heavy atom. The lowest BCUT2D eigenvalue weighted by molar-refractivity contribution is 0.483. The molecular formula is C74H63N5O3. The summed E-state index contributed by atoms with van der Waals surface area (Å²) in [5.41, 5.74) is 21.7. The van der Waals surface area contributed by atoms with E-state index in [-0.39, 0.29) is 23.7 Å². The van der Waals surface area contributed by atoms with Gasteiger partial charge in [0, 0.05) is 10.9 Å². The quantitative estimate of drug-likeness (QED) is 0.121. The van der Waals surface area contributed by atoms with Gasteiger partial charge in [-0.2, -0.15) is 0 Å². The summed E-state index contributed by atoms with van der Waals surface area (Å²) in [4.78, 5) is 16.4. The summed E-state index contributed by atoms with van der Waals surface area (Å²) in [6.45, 7) is 20.3. The molecule has 0 aliphatic carbocycles. The van der Waals surface area contributed by atoms with Crippen molar-refractivity contribution in [1.29, 1.82) is 0 Å². The van der Waals surface area contributed by atoms with Crippen LogP contribution in [0.1, 0.15) is 107 Å². The van der Waals surface area contributed by atoms with Crippen LogP contribution in [-0.2, 0) is 0 Å². The Morgan fingerprint density at radius 1 is 0.390 bits per heavy atom. The first-order valence-electron chi connectivity index (χ1n) is 28.8. The molecule has 5 heterocycles. The van der Waals surface area contributed by atoms with Crippen molar-refractivity contribution in [1.82, 2.24) is 24.1 Å². The van der Waals surface area contributed by atoms with Crippen LogP contribution in [0.3, 0.4) is 0 Å². The van der Waals surface area contributed by atoms with Crippen molar-refractivity contribution in [3.8, 4) is 67.9 Å². The fourth-order valence-electron chi connectivity index (χ4n) is 12.4. The molecule has 9 aromatic carbocycles. The molecule has 8 heteroatoms. The number of nitrogens with zero attached hydrogens (tertiary/aromatic N) is 5. The standard InChI is InChI=1S/C74H63N5O3/c1-42(2)55-36-50(47-23-12-10-13-24-47)37-56(43(3)4)68(55)78-63-32-19-17-30-61(63)76-73(78)49-27-22-28-52(35-49)80-53-40-59-67-72(71-66(46(9)75-67)54-29-16-21-34-65(54)81-71)82-70(59)60(41-53)74-77-62-31-18-20-33-64(62)79(74)69-57(44(5)6)38-51(39-58(69)45(7)8)48-25-14-11-15-26-48/h10-45H,1-9H3. The molecule has 0 aliphatic rings. The number of rotatable bonds is 12. The summed E-state index contributed by atoms with van der Waals surface area (Å²) in [5, 5.41) is 2.72. The normalized spacial score (nSPS) is 12.2. The van der Waals surface area contributed by atoms with Gasteiger partial charge in [0.05, 0.1) is 55.5 Å². The van der Waals surface area contributed by atoms with Crippen LogP contribution in [0.5, 0.6) is 11.5 Å². The number of benzene rings is 9. The highest BCUT2D eigenvalue weighted by atomic mass is 16.5. The van der Waals surface area contributed by atoms with Crippen molar-refractivity contribution in [2.24, 2.45) is 0 Å². The average molecular weight is 1070 g/mol. The number of hydrogen-bond acceptors (Lipinski definition) is 6. The molecule has 14 rings (SSSR count). The Bertz CT molecular complexity index is 4740. The molecule has 5 aromatic heterocycles. The second kappa shape index (κ2) is 19.9. The molecule has 0 fully saturated rings. The lowest BCUT2D eigenvalue weighted by atomic mass is 9.88. The highest BCUT2D eigenvalue weighted by Gasteiger charge is 2.29. The zero-order valence-electron chi connectivity index (χ0n) is 47.7. The molecule has 8 nitrogen and oxygen atoms in total. The van der Waals surface area contributed by atoms with E-state index in [1.807, 2.05) is 31.2 Å². The largest absolute Gasteiger partial charge is 0.457 e. The minimum Gasteiger partial charge on any atom is -0.457 e. The van der Waals surface area contributed by atoms with Gasteiger partial charge in [0.1, 0.15) is 39.8 Å². The monoisotopic (exact) mass is 1070 g/mol. The molecule has 0 atom stereocenters. The van der Waals surface area contributed by atoms with E-state index in [1.54, 1.807) is 0 Å². The van der Waals surface area contributed by atoms with Gasteiger partial charge in [-0.05, 0) is 154 Å². The SMILES string of the molecule is Cc1nc2c3cc(Oc4cccc(-c5nc6ccccc6n5-c5c(C(C)C)cc(-c6ccccc6)cc5C(C)C)c4)cc(-c4nc5ccccc5n4-c4c(C(C)C)cc(-c5ccccc5)cc4C(C)C)c3oc2c2oc3ccccc3c12. The van der Waals surface area contributed by atoms with Crippen LogP contribution in [0, 0.1) is 6.92 Å². The second-order valence-corrected chi connectivity index (χ2v) is 23.1. The van der Waals surface area contributed by atoms with Crippen LogP contribution in [0.15, 0.2) is 203 Å². The number of aromatic nitrogens is 5. The van der Waals surface area contributed by atoms with Crippen LogP contribution < -0.4 is 4.74 Å². The lowest BCUT2D eigenvalue weighted by Gasteiger charge is -2.24. The summed E-state index contributed by atoms with van der Waals surface area (Å²) in [5.74, 6) is 3.60. The fourth-order valence-corrected chi connectivity index (χ4v) is 12.4. The topological polar surface area (TPSA) is 84.0 Å². The maximum Gasteiger partial charge on any atom is 0.197 e. The van der Waals surface area contributed by atoms with E-state index in [4.69, 9.17) is 28.5 Å². The molecule has 0 bridgehead atoms.